The number of hydrogen-bond acceptors (Lipinski definition) is 3. The van der Waals surface area contributed by atoms with Gasteiger partial charge in [-0.15, -0.1) is 0 Å². The van der Waals surface area contributed by atoms with Crippen molar-refractivity contribution in [3.8, 4) is 0 Å². The summed E-state index contributed by atoms with van der Waals surface area (Å²) in [5, 5.41) is 4.13. The molecule has 3 heteroatoms. The molecule has 1 fully saturated rings. The minimum Gasteiger partial charge on any atom is -0.302 e. The second kappa shape index (κ2) is 3.83. The van der Waals surface area contributed by atoms with Crippen LogP contribution in [0.5, 0.6) is 0 Å². The predicted molar refractivity (Wildman–Crippen MR) is 44.1 cm³/mol. The quantitative estimate of drug-likeness (QED) is 0.544. The molecule has 0 amide bonds. The second-order valence-electron chi connectivity index (χ2n) is 3.21. The monoisotopic (exact) mass is 156 g/mol. The molecular weight excluding hydrogens is 140 g/mol. The maximum atomic E-state index is 10.6. The molecule has 1 aliphatic heterocycles. The lowest BCUT2D eigenvalue weighted by molar-refractivity contribution is -0.121. The van der Waals surface area contributed by atoms with Crippen LogP contribution in [0.4, 0.5) is 0 Å². The summed E-state index contributed by atoms with van der Waals surface area (Å²) in [5.74, 6) is 0. The van der Waals surface area contributed by atoms with Gasteiger partial charge in [0.25, 0.3) is 0 Å². The molecule has 1 unspecified atom stereocenters. The van der Waals surface area contributed by atoms with E-state index in [9.17, 15) is 4.79 Å². The van der Waals surface area contributed by atoms with Crippen molar-refractivity contribution in [2.45, 2.75) is 25.3 Å². The van der Waals surface area contributed by atoms with Gasteiger partial charge < -0.3 is 4.79 Å². The molecule has 1 heterocycles. The largest absolute Gasteiger partial charge is 0.302 e. The summed E-state index contributed by atoms with van der Waals surface area (Å²) in [6, 6.07) is 0.124. The molecule has 1 atom stereocenters. The average molecular weight is 156 g/mol. The topological polar surface area (TPSA) is 23.6 Å². The lowest BCUT2D eigenvalue weighted by atomic mass is 10.1. The minimum atomic E-state index is 0.124. The molecule has 0 saturated carbocycles. The Labute approximate surface area is 67.9 Å². The fourth-order valence-corrected chi connectivity index (χ4v) is 1.58. The third kappa shape index (κ3) is 2.01. The molecule has 11 heavy (non-hydrogen) atoms. The van der Waals surface area contributed by atoms with Crippen molar-refractivity contribution in [3.63, 3.8) is 0 Å². The third-order valence-electron chi connectivity index (χ3n) is 2.19. The molecule has 64 valence electrons. The van der Waals surface area contributed by atoms with Gasteiger partial charge in [0.2, 0.25) is 0 Å². The summed E-state index contributed by atoms with van der Waals surface area (Å²) < 4.78 is 0. The first-order valence-corrected chi connectivity index (χ1v) is 4.15. The van der Waals surface area contributed by atoms with Crippen molar-refractivity contribution >= 4 is 6.29 Å². The number of nitrogens with zero attached hydrogens (tertiary/aromatic N) is 2. The van der Waals surface area contributed by atoms with Crippen LogP contribution in [0.2, 0.25) is 0 Å². The van der Waals surface area contributed by atoms with Gasteiger partial charge in [0.1, 0.15) is 6.29 Å². The van der Waals surface area contributed by atoms with E-state index in [4.69, 9.17) is 0 Å². The van der Waals surface area contributed by atoms with E-state index in [0.29, 0.717) is 0 Å². The van der Waals surface area contributed by atoms with E-state index in [1.54, 1.807) is 0 Å². The van der Waals surface area contributed by atoms with Crippen molar-refractivity contribution in [1.82, 2.24) is 10.0 Å². The molecule has 1 saturated heterocycles. The molecule has 0 aromatic carbocycles. The Morgan fingerprint density at radius 2 is 2.18 bits per heavy atom. The maximum absolute atomic E-state index is 10.6. The normalized spacial score (nSPS) is 27.4. The van der Waals surface area contributed by atoms with Crippen LogP contribution in [-0.4, -0.2) is 43.0 Å². The van der Waals surface area contributed by atoms with Crippen LogP contribution in [0.3, 0.4) is 0 Å². The van der Waals surface area contributed by atoms with Gasteiger partial charge in [-0.25, -0.2) is 10.0 Å². The average Bonchev–Trinajstić information content (AvgIpc) is 2.04. The van der Waals surface area contributed by atoms with Crippen LogP contribution in [-0.2, 0) is 4.79 Å². The van der Waals surface area contributed by atoms with Gasteiger partial charge in [-0.05, 0) is 12.8 Å². The Morgan fingerprint density at radius 3 is 2.64 bits per heavy atom. The first kappa shape index (κ1) is 8.68. The summed E-state index contributed by atoms with van der Waals surface area (Å²) >= 11 is 0. The molecule has 3 nitrogen and oxygen atoms in total. The van der Waals surface area contributed by atoms with Crippen molar-refractivity contribution < 1.29 is 4.79 Å². The molecule has 0 bridgehead atoms. The van der Waals surface area contributed by atoms with Crippen molar-refractivity contribution in [2.75, 3.05) is 20.6 Å². The molecule has 1 rings (SSSR count). The number of rotatable bonds is 2. The Morgan fingerprint density at radius 1 is 1.45 bits per heavy atom. The highest BCUT2D eigenvalue weighted by Crippen LogP contribution is 2.15. The summed E-state index contributed by atoms with van der Waals surface area (Å²) in [6.45, 7) is 1.02. The van der Waals surface area contributed by atoms with Crippen LogP contribution in [0.15, 0.2) is 0 Å². The molecule has 0 spiro atoms. The summed E-state index contributed by atoms with van der Waals surface area (Å²) in [4.78, 5) is 10.6. The molecule has 0 N–H and O–H groups in total. The van der Waals surface area contributed by atoms with E-state index in [0.717, 1.165) is 19.3 Å². The van der Waals surface area contributed by atoms with Gasteiger partial charge in [0.15, 0.2) is 0 Å². The van der Waals surface area contributed by atoms with Crippen molar-refractivity contribution in [2.24, 2.45) is 0 Å². The Balaban J connectivity index is 2.51. The van der Waals surface area contributed by atoms with E-state index in [1.807, 2.05) is 19.1 Å². The zero-order valence-corrected chi connectivity index (χ0v) is 7.29. The van der Waals surface area contributed by atoms with Crippen LogP contribution in [0, 0.1) is 0 Å². The Kier molecular flexibility index (Phi) is 3.02. The second-order valence-corrected chi connectivity index (χ2v) is 3.21. The summed E-state index contributed by atoms with van der Waals surface area (Å²) in [7, 11) is 3.98. The number of hydrazine groups is 1. The van der Waals surface area contributed by atoms with Gasteiger partial charge in [0, 0.05) is 20.6 Å². The van der Waals surface area contributed by atoms with Crippen LogP contribution < -0.4 is 0 Å². The van der Waals surface area contributed by atoms with E-state index in [1.165, 1.54) is 12.8 Å². The minimum absolute atomic E-state index is 0.124. The number of piperidine rings is 1. The van der Waals surface area contributed by atoms with Gasteiger partial charge in [-0.1, -0.05) is 6.42 Å². The molecule has 0 radical (unpaired) electrons. The van der Waals surface area contributed by atoms with Crippen LogP contribution >= 0.6 is 0 Å². The van der Waals surface area contributed by atoms with E-state index < -0.39 is 0 Å². The number of hydrogen-bond donors (Lipinski definition) is 0. The number of carbonyl (C=O) groups excluding carboxylic acids is 1. The van der Waals surface area contributed by atoms with Crippen molar-refractivity contribution in [3.05, 3.63) is 0 Å². The number of carbonyl (C=O) groups is 1. The van der Waals surface area contributed by atoms with E-state index in [2.05, 4.69) is 5.01 Å². The van der Waals surface area contributed by atoms with E-state index in [-0.39, 0.29) is 6.04 Å². The van der Waals surface area contributed by atoms with Gasteiger partial charge >= 0.3 is 0 Å². The fourth-order valence-electron chi connectivity index (χ4n) is 1.58. The van der Waals surface area contributed by atoms with Gasteiger partial charge in [-0.3, -0.25) is 0 Å². The van der Waals surface area contributed by atoms with Gasteiger partial charge in [0.05, 0.1) is 6.04 Å². The van der Waals surface area contributed by atoms with Crippen molar-refractivity contribution in [1.29, 1.82) is 0 Å². The predicted octanol–water partition coefficient (Wildman–Crippen LogP) is 0.516. The van der Waals surface area contributed by atoms with Crippen LogP contribution in [0.1, 0.15) is 19.3 Å². The first-order valence-electron chi connectivity index (χ1n) is 4.15. The Bertz CT molecular complexity index is 136. The zero-order valence-electron chi connectivity index (χ0n) is 7.29. The highest BCUT2D eigenvalue weighted by Gasteiger charge is 2.22. The maximum Gasteiger partial charge on any atom is 0.138 e. The molecule has 0 aliphatic carbocycles. The standard InChI is InChI=1S/C8H16N2O/c1-9(2)10-6-4-3-5-8(10)7-11/h7-8H,3-6H2,1-2H3. The lowest BCUT2D eigenvalue weighted by Crippen LogP contribution is -2.48. The third-order valence-corrected chi connectivity index (χ3v) is 2.19. The van der Waals surface area contributed by atoms with Gasteiger partial charge in [-0.2, -0.15) is 0 Å². The molecule has 1 aliphatic rings. The summed E-state index contributed by atoms with van der Waals surface area (Å²) in [5.41, 5.74) is 0. The lowest BCUT2D eigenvalue weighted by Gasteiger charge is -2.36. The SMILES string of the molecule is CN(C)N1CCCCC1C=O. The molecule has 0 aromatic heterocycles. The molecular formula is C8H16N2O. The zero-order chi connectivity index (χ0) is 8.27. The van der Waals surface area contributed by atoms with Crippen LogP contribution in [0.25, 0.3) is 0 Å². The highest BCUT2D eigenvalue weighted by atomic mass is 16.1. The Hall–Kier alpha value is -0.410. The van der Waals surface area contributed by atoms with E-state index >= 15 is 0 Å². The molecule has 0 aromatic rings. The smallest absolute Gasteiger partial charge is 0.138 e. The first-order chi connectivity index (χ1) is 5.25. The number of aldehydes is 1. The fraction of sp³-hybridized carbons (Fsp3) is 0.875. The summed E-state index contributed by atoms with van der Waals surface area (Å²) in [6.07, 6.45) is 4.47. The highest BCUT2D eigenvalue weighted by molar-refractivity contribution is 5.57.